The lowest BCUT2D eigenvalue weighted by Gasteiger charge is -2.51. The first-order valence-corrected chi connectivity index (χ1v) is 9.37. The van der Waals surface area contributed by atoms with Crippen LogP contribution in [0.4, 0.5) is 0 Å². The summed E-state index contributed by atoms with van der Waals surface area (Å²) in [7, 11) is 1.74. The molecule has 1 aliphatic heterocycles. The SMILES string of the molecule is COc1ccc2c(c1)CCC1C2CC[C@@]2(C)C1CC1O[C@]12C(C)=O. The Bertz CT molecular complexity index is 726. The Morgan fingerprint density at radius 3 is 2.92 bits per heavy atom. The highest BCUT2D eigenvalue weighted by atomic mass is 16.6. The van der Waals surface area contributed by atoms with E-state index in [9.17, 15) is 4.79 Å². The summed E-state index contributed by atoms with van der Waals surface area (Å²) in [5, 5.41) is 0. The van der Waals surface area contributed by atoms with Gasteiger partial charge in [-0.15, -0.1) is 0 Å². The van der Waals surface area contributed by atoms with E-state index in [-0.39, 0.29) is 17.3 Å². The topological polar surface area (TPSA) is 38.8 Å². The van der Waals surface area contributed by atoms with Crippen molar-refractivity contribution in [1.29, 1.82) is 0 Å². The molecular formula is C21H26O3. The van der Waals surface area contributed by atoms with Gasteiger partial charge in [0.2, 0.25) is 0 Å². The van der Waals surface area contributed by atoms with E-state index in [1.165, 1.54) is 24.0 Å². The number of rotatable bonds is 2. The van der Waals surface area contributed by atoms with Crippen molar-refractivity contribution < 1.29 is 14.3 Å². The summed E-state index contributed by atoms with van der Waals surface area (Å²) < 4.78 is 11.4. The molecule has 4 unspecified atom stereocenters. The Labute approximate surface area is 143 Å². The van der Waals surface area contributed by atoms with Crippen molar-refractivity contribution in [3.8, 4) is 5.75 Å². The second-order valence-corrected chi connectivity index (χ2v) is 8.57. The van der Waals surface area contributed by atoms with E-state index in [1.54, 1.807) is 14.0 Å². The fraction of sp³-hybridized carbons (Fsp3) is 0.667. The summed E-state index contributed by atoms with van der Waals surface area (Å²) in [6, 6.07) is 6.63. The molecule has 0 aromatic heterocycles. The van der Waals surface area contributed by atoms with Gasteiger partial charge in [0.15, 0.2) is 11.4 Å². The maximum Gasteiger partial charge on any atom is 0.164 e. The number of Topliss-reactive ketones (excluding diaryl/α,β-unsaturated/α-hetero) is 1. The van der Waals surface area contributed by atoms with Crippen molar-refractivity contribution in [1.82, 2.24) is 0 Å². The van der Waals surface area contributed by atoms with Crippen LogP contribution in [-0.2, 0) is 16.0 Å². The number of aryl methyl sites for hydroxylation is 1. The first-order chi connectivity index (χ1) is 11.5. The van der Waals surface area contributed by atoms with E-state index < -0.39 is 5.60 Å². The van der Waals surface area contributed by atoms with Gasteiger partial charge in [0.05, 0.1) is 13.2 Å². The van der Waals surface area contributed by atoms with Crippen molar-refractivity contribution in [2.75, 3.05) is 7.11 Å². The van der Waals surface area contributed by atoms with E-state index >= 15 is 0 Å². The summed E-state index contributed by atoms with van der Waals surface area (Å²) in [5.74, 6) is 3.22. The first kappa shape index (κ1) is 14.9. The maximum absolute atomic E-state index is 12.4. The van der Waals surface area contributed by atoms with E-state index in [1.807, 2.05) is 0 Å². The zero-order valence-electron chi connectivity index (χ0n) is 14.8. The molecule has 1 heterocycles. The molecule has 24 heavy (non-hydrogen) atoms. The molecule has 3 fully saturated rings. The number of ether oxygens (including phenoxy) is 2. The lowest BCUT2D eigenvalue weighted by molar-refractivity contribution is -0.131. The minimum atomic E-state index is -0.442. The molecule has 0 N–H and O–H groups in total. The molecule has 1 saturated heterocycles. The number of hydrogen-bond donors (Lipinski definition) is 0. The molecule has 128 valence electrons. The molecule has 0 amide bonds. The van der Waals surface area contributed by atoms with Gasteiger partial charge in [-0.25, -0.2) is 0 Å². The molecule has 4 aliphatic rings. The number of benzene rings is 1. The monoisotopic (exact) mass is 326 g/mol. The summed E-state index contributed by atoms with van der Waals surface area (Å²) in [5.41, 5.74) is 2.62. The molecule has 3 heteroatoms. The van der Waals surface area contributed by atoms with Crippen molar-refractivity contribution in [3.05, 3.63) is 29.3 Å². The number of carbonyl (C=O) groups is 1. The lowest BCUT2D eigenvalue weighted by Crippen LogP contribution is -2.49. The van der Waals surface area contributed by atoms with Crippen LogP contribution in [0.2, 0.25) is 0 Å². The van der Waals surface area contributed by atoms with Gasteiger partial charge in [-0.05, 0) is 80.0 Å². The predicted octanol–water partition coefficient (Wildman–Crippen LogP) is 3.89. The Morgan fingerprint density at radius 2 is 2.17 bits per heavy atom. The van der Waals surface area contributed by atoms with E-state index in [0.29, 0.717) is 17.8 Å². The number of carbonyl (C=O) groups excluding carboxylic acids is 1. The van der Waals surface area contributed by atoms with Gasteiger partial charge >= 0.3 is 0 Å². The van der Waals surface area contributed by atoms with Gasteiger partial charge in [-0.3, -0.25) is 4.79 Å². The predicted molar refractivity (Wildman–Crippen MR) is 91.3 cm³/mol. The molecule has 3 aliphatic carbocycles. The quantitative estimate of drug-likeness (QED) is 0.774. The lowest BCUT2D eigenvalue weighted by atomic mass is 9.53. The second-order valence-electron chi connectivity index (χ2n) is 8.57. The molecule has 2 saturated carbocycles. The van der Waals surface area contributed by atoms with Crippen molar-refractivity contribution in [2.24, 2.45) is 17.3 Å². The molecular weight excluding hydrogens is 300 g/mol. The summed E-state index contributed by atoms with van der Waals surface area (Å²) in [6.07, 6.45) is 5.96. The summed E-state index contributed by atoms with van der Waals surface area (Å²) in [4.78, 5) is 12.4. The van der Waals surface area contributed by atoms with Gasteiger partial charge in [0.25, 0.3) is 0 Å². The summed E-state index contributed by atoms with van der Waals surface area (Å²) >= 11 is 0. The number of methoxy groups -OCH3 is 1. The van der Waals surface area contributed by atoms with Crippen LogP contribution in [0.1, 0.15) is 56.6 Å². The van der Waals surface area contributed by atoms with E-state index in [2.05, 4.69) is 25.1 Å². The van der Waals surface area contributed by atoms with Crippen LogP contribution in [-0.4, -0.2) is 24.6 Å². The van der Waals surface area contributed by atoms with Crippen molar-refractivity contribution >= 4 is 5.78 Å². The zero-order chi connectivity index (χ0) is 16.7. The van der Waals surface area contributed by atoms with Gasteiger partial charge in [0, 0.05) is 5.41 Å². The fourth-order valence-electron chi connectivity index (χ4n) is 6.75. The average Bonchev–Trinajstić information content (AvgIpc) is 3.27. The van der Waals surface area contributed by atoms with Crippen LogP contribution < -0.4 is 4.74 Å². The van der Waals surface area contributed by atoms with Gasteiger partial charge in [0.1, 0.15) is 5.75 Å². The Kier molecular flexibility index (Phi) is 2.88. The standard InChI is InChI=1S/C21H26O3/c1-12(22)21-19(24-21)11-18-17-6-4-13-10-14(23-3)5-7-15(13)16(17)8-9-20(18,21)2/h5,7,10,16-19H,4,6,8-9,11H2,1-3H3/t16?,17?,18?,19?,20-,21+/m0/s1. The highest BCUT2D eigenvalue weighted by Crippen LogP contribution is 2.72. The average molecular weight is 326 g/mol. The molecule has 1 aromatic rings. The molecule has 0 bridgehead atoms. The molecule has 6 atom stereocenters. The Balaban J connectivity index is 1.51. The summed E-state index contributed by atoms with van der Waals surface area (Å²) in [6.45, 7) is 4.08. The van der Waals surface area contributed by atoms with Crippen LogP contribution in [0.15, 0.2) is 18.2 Å². The van der Waals surface area contributed by atoms with Crippen LogP contribution in [0.25, 0.3) is 0 Å². The van der Waals surface area contributed by atoms with Crippen LogP contribution >= 0.6 is 0 Å². The number of fused-ring (bicyclic) bond motifs is 7. The van der Waals surface area contributed by atoms with Gasteiger partial charge in [-0.2, -0.15) is 0 Å². The van der Waals surface area contributed by atoms with Crippen LogP contribution in [0.3, 0.4) is 0 Å². The largest absolute Gasteiger partial charge is 0.497 e. The fourth-order valence-corrected chi connectivity index (χ4v) is 6.75. The maximum atomic E-state index is 12.4. The third-order valence-electron chi connectivity index (χ3n) is 7.89. The third-order valence-corrected chi connectivity index (χ3v) is 7.89. The zero-order valence-corrected chi connectivity index (χ0v) is 14.8. The van der Waals surface area contributed by atoms with Gasteiger partial charge in [-0.1, -0.05) is 13.0 Å². The smallest absolute Gasteiger partial charge is 0.164 e. The molecule has 5 rings (SSSR count). The second kappa shape index (κ2) is 4.63. The molecule has 0 radical (unpaired) electrons. The normalized spacial score (nSPS) is 44.8. The highest BCUT2D eigenvalue weighted by Gasteiger charge is 2.78. The van der Waals surface area contributed by atoms with E-state index in [4.69, 9.17) is 9.47 Å². The number of epoxide rings is 1. The number of ketones is 1. The van der Waals surface area contributed by atoms with E-state index in [0.717, 1.165) is 25.0 Å². The minimum Gasteiger partial charge on any atom is -0.497 e. The minimum absolute atomic E-state index is 0.0502. The third kappa shape index (κ3) is 1.60. The number of hydrogen-bond acceptors (Lipinski definition) is 3. The van der Waals surface area contributed by atoms with Gasteiger partial charge < -0.3 is 9.47 Å². The molecule has 0 spiro atoms. The van der Waals surface area contributed by atoms with Crippen LogP contribution in [0, 0.1) is 17.3 Å². The Morgan fingerprint density at radius 1 is 1.33 bits per heavy atom. The first-order valence-electron chi connectivity index (χ1n) is 9.37. The van der Waals surface area contributed by atoms with Crippen molar-refractivity contribution in [2.45, 2.75) is 63.6 Å². The van der Waals surface area contributed by atoms with Crippen LogP contribution in [0.5, 0.6) is 5.75 Å². The highest BCUT2D eigenvalue weighted by molar-refractivity contribution is 5.90. The Hall–Kier alpha value is -1.35. The molecule has 3 nitrogen and oxygen atoms in total. The van der Waals surface area contributed by atoms with Crippen molar-refractivity contribution in [3.63, 3.8) is 0 Å². The molecule has 1 aromatic carbocycles.